The average Bonchev–Trinajstić information content (AvgIpc) is 2.62. The molecule has 1 aromatic rings. The molecule has 1 heterocycles. The van der Waals surface area contributed by atoms with E-state index in [0.29, 0.717) is 6.54 Å². The number of carbonyl (C=O) groups is 2. The van der Waals surface area contributed by atoms with Crippen molar-refractivity contribution in [3.8, 4) is 0 Å². The molecule has 1 atom stereocenters. The lowest BCUT2D eigenvalue weighted by molar-refractivity contribution is -0.164. The molecule has 1 aromatic carbocycles. The minimum absolute atomic E-state index is 0.0396. The van der Waals surface area contributed by atoms with Gasteiger partial charge in [-0.1, -0.05) is 30.3 Å². The van der Waals surface area contributed by atoms with E-state index in [4.69, 9.17) is 9.94 Å². The molecule has 0 saturated carbocycles. The number of rotatable bonds is 3. The van der Waals surface area contributed by atoms with E-state index in [2.05, 4.69) is 5.32 Å². The number of carboxylic acid groups (broad SMARTS) is 1. The topological polar surface area (TPSA) is 78.9 Å². The lowest BCUT2D eigenvalue weighted by Gasteiger charge is -2.14. The Kier molecular flexibility index (Phi) is 3.24. The molecule has 2 amide bonds. The Bertz CT molecular complexity index is 421. The Morgan fingerprint density at radius 1 is 1.47 bits per heavy atom. The summed E-state index contributed by atoms with van der Waals surface area (Å²) in [6.45, 7) is 0.357. The SMILES string of the molecule is O=C(O)N[C@@H]1CON(Cc2ccccc2)C1=O. The zero-order chi connectivity index (χ0) is 12.3. The molecule has 1 fully saturated rings. The van der Waals surface area contributed by atoms with Gasteiger partial charge in [0.2, 0.25) is 0 Å². The highest BCUT2D eigenvalue weighted by atomic mass is 16.7. The maximum atomic E-state index is 11.7. The van der Waals surface area contributed by atoms with Crippen LogP contribution in [0.25, 0.3) is 0 Å². The van der Waals surface area contributed by atoms with E-state index in [1.54, 1.807) is 0 Å². The molecule has 1 aliphatic rings. The van der Waals surface area contributed by atoms with Crippen molar-refractivity contribution >= 4 is 12.0 Å². The Hall–Kier alpha value is -2.08. The van der Waals surface area contributed by atoms with Crippen LogP contribution in [0.15, 0.2) is 30.3 Å². The summed E-state index contributed by atoms with van der Waals surface area (Å²) in [6.07, 6.45) is -1.23. The van der Waals surface area contributed by atoms with Crippen LogP contribution < -0.4 is 5.32 Å². The third-order valence-electron chi connectivity index (χ3n) is 2.41. The fourth-order valence-corrected chi connectivity index (χ4v) is 1.60. The molecular formula is C11H12N2O4. The number of carbonyl (C=O) groups excluding carboxylic acids is 1. The van der Waals surface area contributed by atoms with Crippen LogP contribution in [0.5, 0.6) is 0 Å². The maximum absolute atomic E-state index is 11.7. The number of hydrogen-bond acceptors (Lipinski definition) is 3. The van der Waals surface area contributed by atoms with Crippen LogP contribution in [0.3, 0.4) is 0 Å². The van der Waals surface area contributed by atoms with Gasteiger partial charge in [0.25, 0.3) is 5.91 Å². The van der Waals surface area contributed by atoms with Gasteiger partial charge in [-0.3, -0.25) is 9.63 Å². The number of amides is 2. The summed E-state index contributed by atoms with van der Waals surface area (Å²) in [5.41, 5.74) is 0.928. The molecule has 1 aliphatic heterocycles. The highest BCUT2D eigenvalue weighted by Crippen LogP contribution is 2.12. The van der Waals surface area contributed by atoms with E-state index >= 15 is 0 Å². The fraction of sp³-hybridized carbons (Fsp3) is 0.273. The number of hydrogen-bond donors (Lipinski definition) is 2. The normalized spacial score (nSPS) is 19.4. The number of nitrogens with zero attached hydrogens (tertiary/aromatic N) is 1. The lowest BCUT2D eigenvalue weighted by Crippen LogP contribution is -2.41. The molecule has 0 bridgehead atoms. The minimum Gasteiger partial charge on any atom is -0.465 e. The van der Waals surface area contributed by atoms with Crippen LogP contribution in [0.1, 0.15) is 5.56 Å². The number of nitrogens with one attached hydrogen (secondary N) is 1. The number of benzene rings is 1. The first-order valence-corrected chi connectivity index (χ1v) is 5.14. The monoisotopic (exact) mass is 236 g/mol. The molecule has 17 heavy (non-hydrogen) atoms. The smallest absolute Gasteiger partial charge is 0.405 e. The lowest BCUT2D eigenvalue weighted by atomic mass is 10.2. The molecule has 0 radical (unpaired) electrons. The standard InChI is InChI=1S/C11H12N2O4/c14-10-9(12-11(15)16)7-17-13(10)6-8-4-2-1-3-5-8/h1-5,9,12H,6-7H2,(H,15,16)/t9-/m1/s1. The first-order chi connectivity index (χ1) is 8.16. The van der Waals surface area contributed by atoms with Crippen LogP contribution in [0.2, 0.25) is 0 Å². The highest BCUT2D eigenvalue weighted by Gasteiger charge is 2.34. The van der Waals surface area contributed by atoms with Gasteiger partial charge in [-0.25, -0.2) is 9.86 Å². The van der Waals surface area contributed by atoms with E-state index < -0.39 is 12.1 Å². The van der Waals surface area contributed by atoms with Crippen LogP contribution in [-0.2, 0) is 16.2 Å². The summed E-state index contributed by atoms with van der Waals surface area (Å²) in [5.74, 6) is -0.365. The third-order valence-corrected chi connectivity index (χ3v) is 2.41. The Balaban J connectivity index is 1.96. The Morgan fingerprint density at radius 2 is 2.18 bits per heavy atom. The quantitative estimate of drug-likeness (QED) is 0.805. The third kappa shape index (κ3) is 2.73. The van der Waals surface area contributed by atoms with Gasteiger partial charge in [0.1, 0.15) is 12.6 Å². The Labute approximate surface area is 97.7 Å². The van der Waals surface area contributed by atoms with Crippen molar-refractivity contribution in [3.63, 3.8) is 0 Å². The van der Waals surface area contributed by atoms with E-state index in [9.17, 15) is 9.59 Å². The van der Waals surface area contributed by atoms with E-state index in [1.165, 1.54) is 5.06 Å². The van der Waals surface area contributed by atoms with Crippen molar-refractivity contribution in [1.82, 2.24) is 10.4 Å². The summed E-state index contributed by atoms with van der Waals surface area (Å²) < 4.78 is 0. The van der Waals surface area contributed by atoms with Crippen LogP contribution in [0, 0.1) is 0 Å². The molecule has 0 aromatic heterocycles. The van der Waals surface area contributed by atoms with E-state index in [1.807, 2.05) is 30.3 Å². The van der Waals surface area contributed by atoms with Crippen molar-refractivity contribution in [2.24, 2.45) is 0 Å². The molecule has 6 nitrogen and oxygen atoms in total. The van der Waals surface area contributed by atoms with E-state index in [0.717, 1.165) is 5.56 Å². The van der Waals surface area contributed by atoms with Gasteiger partial charge in [0, 0.05) is 0 Å². The second-order valence-electron chi connectivity index (χ2n) is 3.66. The predicted octanol–water partition coefficient (Wildman–Crippen LogP) is 0.597. The van der Waals surface area contributed by atoms with Gasteiger partial charge >= 0.3 is 6.09 Å². The van der Waals surface area contributed by atoms with Gasteiger partial charge in [-0.15, -0.1) is 0 Å². The summed E-state index contributed by atoms with van der Waals surface area (Å²) in [4.78, 5) is 27.3. The average molecular weight is 236 g/mol. The first-order valence-electron chi connectivity index (χ1n) is 5.14. The fourth-order valence-electron chi connectivity index (χ4n) is 1.60. The molecule has 90 valence electrons. The first kappa shape index (κ1) is 11.4. The number of hydroxylamine groups is 2. The second kappa shape index (κ2) is 4.84. The van der Waals surface area contributed by atoms with Gasteiger partial charge in [-0.05, 0) is 5.56 Å². The molecule has 0 spiro atoms. The van der Waals surface area contributed by atoms with Crippen LogP contribution >= 0.6 is 0 Å². The molecule has 0 aliphatic carbocycles. The predicted molar refractivity (Wildman–Crippen MR) is 57.9 cm³/mol. The van der Waals surface area contributed by atoms with Crippen molar-refractivity contribution in [3.05, 3.63) is 35.9 Å². The van der Waals surface area contributed by atoms with Gasteiger partial charge in [-0.2, -0.15) is 0 Å². The zero-order valence-corrected chi connectivity index (χ0v) is 9.00. The summed E-state index contributed by atoms with van der Waals surface area (Å²) >= 11 is 0. The molecular weight excluding hydrogens is 224 g/mol. The van der Waals surface area contributed by atoms with Crippen LogP contribution in [-0.4, -0.2) is 34.8 Å². The summed E-state index contributed by atoms with van der Waals surface area (Å²) in [5, 5.41) is 11.8. The largest absolute Gasteiger partial charge is 0.465 e. The Morgan fingerprint density at radius 3 is 2.82 bits per heavy atom. The van der Waals surface area contributed by atoms with Gasteiger partial charge in [0.15, 0.2) is 0 Å². The molecule has 2 rings (SSSR count). The molecule has 6 heteroatoms. The van der Waals surface area contributed by atoms with Crippen LogP contribution in [0.4, 0.5) is 4.79 Å². The van der Waals surface area contributed by atoms with Gasteiger partial charge in [0.05, 0.1) is 6.54 Å². The zero-order valence-electron chi connectivity index (χ0n) is 9.00. The summed E-state index contributed by atoms with van der Waals surface area (Å²) in [6, 6.07) is 8.54. The van der Waals surface area contributed by atoms with Gasteiger partial charge < -0.3 is 10.4 Å². The highest BCUT2D eigenvalue weighted by molar-refractivity contribution is 5.85. The van der Waals surface area contributed by atoms with E-state index in [-0.39, 0.29) is 12.5 Å². The maximum Gasteiger partial charge on any atom is 0.405 e. The summed E-state index contributed by atoms with van der Waals surface area (Å²) in [7, 11) is 0. The van der Waals surface area contributed by atoms with Crippen molar-refractivity contribution in [1.29, 1.82) is 0 Å². The molecule has 0 unspecified atom stereocenters. The van der Waals surface area contributed by atoms with Crippen molar-refractivity contribution in [2.45, 2.75) is 12.6 Å². The molecule has 2 N–H and O–H groups in total. The second-order valence-corrected chi connectivity index (χ2v) is 3.66. The van der Waals surface area contributed by atoms with Crippen molar-refractivity contribution in [2.75, 3.05) is 6.61 Å². The minimum atomic E-state index is -1.23. The molecule has 1 saturated heterocycles. The van der Waals surface area contributed by atoms with Crippen molar-refractivity contribution < 1.29 is 19.5 Å².